The third kappa shape index (κ3) is 5.89. The summed E-state index contributed by atoms with van der Waals surface area (Å²) in [5.74, 6) is 0.534. The van der Waals surface area contributed by atoms with E-state index in [1.165, 1.54) is 29.7 Å². The average Bonchev–Trinajstić information content (AvgIpc) is 3.08. The van der Waals surface area contributed by atoms with Crippen molar-refractivity contribution in [3.8, 4) is 10.6 Å². The number of hydrogen-bond donors (Lipinski definition) is 1. The minimum absolute atomic E-state index is 0.110. The van der Waals surface area contributed by atoms with Gasteiger partial charge in [0.25, 0.3) is 5.91 Å². The minimum Gasteiger partial charge on any atom is -0.338 e. The predicted octanol–water partition coefficient (Wildman–Crippen LogP) is 5.48. The number of hydrogen-bond acceptors (Lipinski definition) is 4. The summed E-state index contributed by atoms with van der Waals surface area (Å²) in [6.45, 7) is 14.1. The van der Waals surface area contributed by atoms with E-state index in [1.54, 1.807) is 0 Å². The molecule has 0 saturated heterocycles. The Kier molecular flexibility index (Phi) is 9.13. The van der Waals surface area contributed by atoms with Gasteiger partial charge < -0.3 is 10.2 Å². The molecule has 1 aromatic carbocycles. The van der Waals surface area contributed by atoms with Crippen LogP contribution in [0.3, 0.4) is 0 Å². The monoisotopic (exact) mass is 401 g/mol. The number of aromatic nitrogens is 1. The van der Waals surface area contributed by atoms with Gasteiger partial charge in [0.1, 0.15) is 9.88 Å². The third-order valence-corrected chi connectivity index (χ3v) is 6.14. The second kappa shape index (κ2) is 11.3. The van der Waals surface area contributed by atoms with Gasteiger partial charge in [0.15, 0.2) is 0 Å². The van der Waals surface area contributed by atoms with E-state index in [9.17, 15) is 4.79 Å². The molecule has 0 atom stereocenters. The van der Waals surface area contributed by atoms with E-state index in [0.29, 0.717) is 5.92 Å². The highest BCUT2D eigenvalue weighted by Gasteiger charge is 2.22. The maximum atomic E-state index is 13.1. The van der Waals surface area contributed by atoms with Crippen molar-refractivity contribution < 1.29 is 4.79 Å². The van der Waals surface area contributed by atoms with Gasteiger partial charge in [-0.2, -0.15) is 0 Å². The van der Waals surface area contributed by atoms with Crippen LogP contribution in [-0.4, -0.2) is 42.0 Å². The number of aryl methyl sites for hydroxylation is 1. The van der Waals surface area contributed by atoms with Gasteiger partial charge in [-0.3, -0.25) is 4.79 Å². The largest absolute Gasteiger partial charge is 0.338 e. The van der Waals surface area contributed by atoms with Crippen LogP contribution in [0.25, 0.3) is 10.6 Å². The number of unbranched alkanes of at least 4 members (excludes halogenated alkanes) is 1. The van der Waals surface area contributed by atoms with E-state index in [1.807, 2.05) is 24.8 Å². The van der Waals surface area contributed by atoms with Crippen molar-refractivity contribution >= 4 is 17.2 Å². The summed E-state index contributed by atoms with van der Waals surface area (Å²) in [7, 11) is 0. The molecule has 2 rings (SSSR count). The molecule has 0 fully saturated rings. The van der Waals surface area contributed by atoms with Crippen molar-refractivity contribution in [3.05, 3.63) is 40.4 Å². The highest BCUT2D eigenvalue weighted by Crippen LogP contribution is 2.34. The Bertz CT molecular complexity index is 754. The second-order valence-corrected chi connectivity index (χ2v) is 8.52. The summed E-state index contributed by atoms with van der Waals surface area (Å²) in [4.78, 5) is 20.6. The van der Waals surface area contributed by atoms with Gasteiger partial charge in [-0.15, -0.1) is 11.3 Å². The molecule has 0 spiro atoms. The quantitative estimate of drug-likeness (QED) is 0.507. The van der Waals surface area contributed by atoms with Crippen LogP contribution in [0.4, 0.5) is 0 Å². The molecule has 154 valence electrons. The van der Waals surface area contributed by atoms with Crippen molar-refractivity contribution in [1.82, 2.24) is 15.2 Å². The number of carbonyl (C=O) groups is 1. The molecular formula is C23H35N3OS. The topological polar surface area (TPSA) is 45.2 Å². The van der Waals surface area contributed by atoms with E-state index in [0.717, 1.165) is 53.7 Å². The lowest BCUT2D eigenvalue weighted by Gasteiger charge is -2.20. The number of carbonyl (C=O) groups excluding carboxylic acids is 1. The van der Waals surface area contributed by atoms with Gasteiger partial charge in [0.2, 0.25) is 0 Å². The lowest BCUT2D eigenvalue weighted by Crippen LogP contribution is -2.33. The van der Waals surface area contributed by atoms with E-state index in [4.69, 9.17) is 4.98 Å². The van der Waals surface area contributed by atoms with Crippen LogP contribution in [0.5, 0.6) is 0 Å². The number of rotatable bonds is 11. The zero-order valence-electron chi connectivity index (χ0n) is 18.0. The Morgan fingerprint density at radius 1 is 1.18 bits per heavy atom. The van der Waals surface area contributed by atoms with Crippen molar-refractivity contribution in [2.24, 2.45) is 0 Å². The van der Waals surface area contributed by atoms with E-state index in [2.05, 4.69) is 44.3 Å². The highest BCUT2D eigenvalue weighted by atomic mass is 32.1. The first-order valence-electron chi connectivity index (χ1n) is 10.6. The zero-order valence-corrected chi connectivity index (χ0v) is 18.9. The highest BCUT2D eigenvalue weighted by molar-refractivity contribution is 7.17. The molecule has 5 heteroatoms. The maximum Gasteiger partial charge on any atom is 0.265 e. The minimum atomic E-state index is 0.110. The Labute approximate surface area is 174 Å². The zero-order chi connectivity index (χ0) is 20.5. The maximum absolute atomic E-state index is 13.1. The number of benzene rings is 1. The Morgan fingerprint density at radius 2 is 1.89 bits per heavy atom. The summed E-state index contributed by atoms with van der Waals surface area (Å²) in [6, 6.07) is 8.38. The van der Waals surface area contributed by atoms with Crippen LogP contribution < -0.4 is 5.32 Å². The SMILES string of the molecule is CCCCNCCCN(CC)C(=O)c1sc(-c2ccccc2C(C)C)nc1C. The van der Waals surface area contributed by atoms with Crippen molar-refractivity contribution in [3.63, 3.8) is 0 Å². The second-order valence-electron chi connectivity index (χ2n) is 7.52. The number of nitrogens with one attached hydrogen (secondary N) is 1. The Morgan fingerprint density at radius 3 is 2.57 bits per heavy atom. The molecule has 28 heavy (non-hydrogen) atoms. The van der Waals surface area contributed by atoms with E-state index < -0.39 is 0 Å². The van der Waals surface area contributed by atoms with Crippen LogP contribution in [0.15, 0.2) is 24.3 Å². The molecule has 1 aromatic heterocycles. The van der Waals surface area contributed by atoms with Gasteiger partial charge in [0, 0.05) is 18.7 Å². The number of nitrogens with zero attached hydrogens (tertiary/aromatic N) is 2. The molecule has 4 nitrogen and oxygen atoms in total. The van der Waals surface area contributed by atoms with Gasteiger partial charge >= 0.3 is 0 Å². The third-order valence-electron chi connectivity index (χ3n) is 4.96. The lowest BCUT2D eigenvalue weighted by molar-refractivity contribution is 0.0766. The van der Waals surface area contributed by atoms with Crippen LogP contribution in [0.1, 0.15) is 73.8 Å². The predicted molar refractivity (Wildman–Crippen MR) is 120 cm³/mol. The molecule has 1 heterocycles. The molecule has 0 radical (unpaired) electrons. The molecule has 0 saturated carbocycles. The first kappa shape index (κ1) is 22.6. The summed E-state index contributed by atoms with van der Waals surface area (Å²) in [5, 5.41) is 4.40. The van der Waals surface area contributed by atoms with Crippen LogP contribution in [0, 0.1) is 6.92 Å². The number of amides is 1. The molecule has 0 aliphatic carbocycles. The summed E-state index contributed by atoms with van der Waals surface area (Å²) in [6.07, 6.45) is 3.39. The Hall–Kier alpha value is -1.72. The van der Waals surface area contributed by atoms with Crippen LogP contribution in [0.2, 0.25) is 0 Å². The van der Waals surface area contributed by atoms with Crippen LogP contribution in [-0.2, 0) is 0 Å². The fourth-order valence-corrected chi connectivity index (χ4v) is 4.36. The van der Waals surface area contributed by atoms with Gasteiger partial charge in [-0.05, 0) is 51.3 Å². The smallest absolute Gasteiger partial charge is 0.265 e. The van der Waals surface area contributed by atoms with Gasteiger partial charge in [-0.1, -0.05) is 51.5 Å². The normalized spacial score (nSPS) is 11.2. The van der Waals surface area contributed by atoms with E-state index in [-0.39, 0.29) is 5.91 Å². The molecule has 0 aliphatic rings. The van der Waals surface area contributed by atoms with E-state index >= 15 is 0 Å². The van der Waals surface area contributed by atoms with Crippen molar-refractivity contribution in [2.45, 2.75) is 59.8 Å². The summed E-state index contributed by atoms with van der Waals surface area (Å²) in [5.41, 5.74) is 3.26. The summed E-state index contributed by atoms with van der Waals surface area (Å²) < 4.78 is 0. The standard InChI is InChI=1S/C23H35N3OS/c1-6-8-14-24-15-11-16-26(7-2)23(27)21-18(5)25-22(28-21)20-13-10-9-12-19(20)17(3)4/h9-10,12-13,17,24H,6-8,11,14-16H2,1-5H3. The van der Waals surface area contributed by atoms with Crippen LogP contribution >= 0.6 is 11.3 Å². The molecule has 0 unspecified atom stereocenters. The lowest BCUT2D eigenvalue weighted by atomic mass is 9.98. The molecule has 1 amide bonds. The molecular weight excluding hydrogens is 366 g/mol. The first-order chi connectivity index (χ1) is 13.5. The molecule has 0 bridgehead atoms. The molecule has 1 N–H and O–H groups in total. The average molecular weight is 402 g/mol. The van der Waals surface area contributed by atoms with Crippen molar-refractivity contribution in [1.29, 1.82) is 0 Å². The molecule has 0 aliphatic heterocycles. The summed E-state index contributed by atoms with van der Waals surface area (Å²) >= 11 is 1.53. The van der Waals surface area contributed by atoms with Gasteiger partial charge in [0.05, 0.1) is 5.69 Å². The fourth-order valence-electron chi connectivity index (χ4n) is 3.27. The van der Waals surface area contributed by atoms with Gasteiger partial charge in [-0.25, -0.2) is 4.98 Å². The molecule has 2 aromatic rings. The van der Waals surface area contributed by atoms with Crippen molar-refractivity contribution in [2.75, 3.05) is 26.2 Å². The Balaban J connectivity index is 2.09. The first-order valence-corrected chi connectivity index (χ1v) is 11.4. The number of thiazole rings is 1. The fraction of sp³-hybridized carbons (Fsp3) is 0.565.